The Labute approximate surface area is 183 Å². The highest BCUT2D eigenvalue weighted by Gasteiger charge is 2.32. The SMILES string of the molecule is N=C(N)N1CCCC(C(=O)N2CCc3c(cccc3Nc3ccc(C(F)(F)F)cn3)C2)C1. The number of carbonyl (C=O) groups excluding carboxylic acids is 1. The number of halogens is 3. The number of pyridine rings is 1. The Kier molecular flexibility index (Phi) is 5.94. The van der Waals surface area contributed by atoms with Gasteiger partial charge in [-0.3, -0.25) is 10.2 Å². The quantitative estimate of drug-likeness (QED) is 0.496. The summed E-state index contributed by atoms with van der Waals surface area (Å²) in [6, 6.07) is 7.99. The van der Waals surface area contributed by atoms with E-state index in [0.29, 0.717) is 38.4 Å². The topological polar surface area (TPSA) is 98.3 Å². The number of carbonyl (C=O) groups is 1. The summed E-state index contributed by atoms with van der Waals surface area (Å²) in [5, 5.41) is 10.7. The van der Waals surface area contributed by atoms with Crippen LogP contribution in [-0.2, 0) is 23.9 Å². The molecule has 2 aliphatic rings. The molecule has 1 amide bonds. The van der Waals surface area contributed by atoms with Crippen molar-refractivity contribution in [2.45, 2.75) is 32.0 Å². The van der Waals surface area contributed by atoms with E-state index < -0.39 is 11.7 Å². The summed E-state index contributed by atoms with van der Waals surface area (Å²) >= 11 is 0. The van der Waals surface area contributed by atoms with Crippen LogP contribution in [0.1, 0.15) is 29.5 Å². The van der Waals surface area contributed by atoms with Crippen LogP contribution in [0.15, 0.2) is 36.5 Å². The molecule has 0 aliphatic carbocycles. The van der Waals surface area contributed by atoms with Crippen molar-refractivity contribution in [1.82, 2.24) is 14.8 Å². The normalized spacial score (nSPS) is 18.8. The van der Waals surface area contributed by atoms with E-state index >= 15 is 0 Å². The minimum atomic E-state index is -4.42. The second kappa shape index (κ2) is 8.68. The van der Waals surface area contributed by atoms with E-state index in [1.807, 2.05) is 23.1 Å². The largest absolute Gasteiger partial charge is 0.417 e. The molecule has 0 bridgehead atoms. The third-order valence-electron chi connectivity index (χ3n) is 6.04. The lowest BCUT2D eigenvalue weighted by molar-refractivity contribution is -0.138. The Morgan fingerprint density at radius 1 is 1.19 bits per heavy atom. The number of anilines is 2. The van der Waals surface area contributed by atoms with Crippen LogP contribution in [0.2, 0.25) is 0 Å². The summed E-state index contributed by atoms with van der Waals surface area (Å²) in [6.07, 6.45) is -1.37. The van der Waals surface area contributed by atoms with Gasteiger partial charge in [0, 0.05) is 38.1 Å². The van der Waals surface area contributed by atoms with E-state index in [9.17, 15) is 18.0 Å². The van der Waals surface area contributed by atoms with Gasteiger partial charge in [0.2, 0.25) is 5.91 Å². The van der Waals surface area contributed by atoms with Gasteiger partial charge in [-0.25, -0.2) is 4.98 Å². The van der Waals surface area contributed by atoms with Gasteiger partial charge in [0.25, 0.3) is 0 Å². The van der Waals surface area contributed by atoms with Crippen molar-refractivity contribution in [2.24, 2.45) is 11.7 Å². The zero-order chi connectivity index (χ0) is 22.9. The molecule has 1 fully saturated rings. The molecule has 4 rings (SSSR count). The van der Waals surface area contributed by atoms with Gasteiger partial charge < -0.3 is 20.9 Å². The first-order chi connectivity index (χ1) is 15.2. The third kappa shape index (κ3) is 4.63. The number of benzene rings is 1. The van der Waals surface area contributed by atoms with Crippen LogP contribution in [0.4, 0.5) is 24.7 Å². The fourth-order valence-electron chi connectivity index (χ4n) is 4.34. The monoisotopic (exact) mass is 446 g/mol. The lowest BCUT2D eigenvalue weighted by Gasteiger charge is -2.37. The first-order valence-electron chi connectivity index (χ1n) is 10.5. The highest BCUT2D eigenvalue weighted by atomic mass is 19.4. The minimum Gasteiger partial charge on any atom is -0.370 e. The van der Waals surface area contributed by atoms with Gasteiger partial charge in [0.05, 0.1) is 11.5 Å². The van der Waals surface area contributed by atoms with Crippen LogP contribution in [-0.4, -0.2) is 46.3 Å². The number of fused-ring (bicyclic) bond motifs is 1. The molecule has 2 aromatic rings. The number of rotatable bonds is 3. The van der Waals surface area contributed by atoms with Gasteiger partial charge in [0.15, 0.2) is 5.96 Å². The zero-order valence-corrected chi connectivity index (χ0v) is 17.5. The van der Waals surface area contributed by atoms with Crippen molar-refractivity contribution >= 4 is 23.4 Å². The molecule has 0 saturated carbocycles. The second-order valence-corrected chi connectivity index (χ2v) is 8.18. The molecule has 7 nitrogen and oxygen atoms in total. The number of nitrogens with zero attached hydrogens (tertiary/aromatic N) is 3. The Hall–Kier alpha value is -3.30. The molecule has 0 radical (unpaired) electrons. The highest BCUT2D eigenvalue weighted by Crippen LogP contribution is 2.32. The molecule has 0 spiro atoms. The summed E-state index contributed by atoms with van der Waals surface area (Å²) in [6.45, 7) is 2.20. The van der Waals surface area contributed by atoms with E-state index in [2.05, 4.69) is 10.3 Å². The maximum Gasteiger partial charge on any atom is 0.417 e. The lowest BCUT2D eigenvalue weighted by Crippen LogP contribution is -2.49. The molecule has 1 saturated heterocycles. The molecule has 1 aromatic heterocycles. The first-order valence-corrected chi connectivity index (χ1v) is 10.5. The lowest BCUT2D eigenvalue weighted by atomic mass is 9.93. The average molecular weight is 446 g/mol. The predicted molar refractivity (Wildman–Crippen MR) is 114 cm³/mol. The number of hydrogen-bond acceptors (Lipinski definition) is 4. The summed E-state index contributed by atoms with van der Waals surface area (Å²) in [7, 11) is 0. The Morgan fingerprint density at radius 3 is 2.69 bits per heavy atom. The summed E-state index contributed by atoms with van der Waals surface area (Å²) in [5.74, 6) is 0.228. The van der Waals surface area contributed by atoms with Crippen LogP contribution in [0, 0.1) is 11.3 Å². The van der Waals surface area contributed by atoms with Crippen molar-refractivity contribution in [3.05, 3.63) is 53.2 Å². The highest BCUT2D eigenvalue weighted by molar-refractivity contribution is 5.81. The Morgan fingerprint density at radius 2 is 2.00 bits per heavy atom. The molecule has 1 aromatic carbocycles. The molecular formula is C22H25F3N6O. The Bertz CT molecular complexity index is 1010. The Balaban J connectivity index is 1.45. The first kappa shape index (κ1) is 21.9. The van der Waals surface area contributed by atoms with Crippen LogP contribution < -0.4 is 11.1 Å². The van der Waals surface area contributed by atoms with E-state index in [4.69, 9.17) is 11.1 Å². The average Bonchev–Trinajstić information content (AvgIpc) is 2.78. The van der Waals surface area contributed by atoms with Crippen LogP contribution >= 0.6 is 0 Å². The van der Waals surface area contributed by atoms with Crippen LogP contribution in [0.5, 0.6) is 0 Å². The number of aromatic nitrogens is 1. The maximum atomic E-state index is 13.1. The fourth-order valence-corrected chi connectivity index (χ4v) is 4.34. The van der Waals surface area contributed by atoms with Gasteiger partial charge in [-0.2, -0.15) is 13.2 Å². The van der Waals surface area contributed by atoms with Crippen molar-refractivity contribution in [3.8, 4) is 0 Å². The number of nitrogens with one attached hydrogen (secondary N) is 2. The zero-order valence-electron chi connectivity index (χ0n) is 17.5. The number of nitrogens with two attached hydrogens (primary N) is 1. The molecule has 10 heteroatoms. The van der Waals surface area contributed by atoms with Gasteiger partial charge >= 0.3 is 6.18 Å². The van der Waals surface area contributed by atoms with Gasteiger partial charge in [-0.15, -0.1) is 0 Å². The number of hydrogen-bond donors (Lipinski definition) is 3. The van der Waals surface area contributed by atoms with Gasteiger partial charge in [-0.05, 0) is 48.6 Å². The fraction of sp³-hybridized carbons (Fsp3) is 0.409. The number of piperidine rings is 1. The van der Waals surface area contributed by atoms with E-state index in [1.54, 1.807) is 4.90 Å². The third-order valence-corrected chi connectivity index (χ3v) is 6.04. The predicted octanol–water partition coefficient (Wildman–Crippen LogP) is 3.33. The summed E-state index contributed by atoms with van der Waals surface area (Å²) in [5.41, 5.74) is 7.62. The van der Waals surface area contributed by atoms with Crippen molar-refractivity contribution < 1.29 is 18.0 Å². The number of alkyl halides is 3. The molecule has 4 N–H and O–H groups in total. The van der Waals surface area contributed by atoms with Crippen LogP contribution in [0.3, 0.4) is 0 Å². The van der Waals surface area contributed by atoms with Crippen molar-refractivity contribution in [3.63, 3.8) is 0 Å². The van der Waals surface area contributed by atoms with Crippen molar-refractivity contribution in [2.75, 3.05) is 25.0 Å². The number of amides is 1. The molecular weight excluding hydrogens is 421 g/mol. The molecule has 3 heterocycles. The van der Waals surface area contributed by atoms with Crippen LogP contribution in [0.25, 0.3) is 0 Å². The standard InChI is InChI=1S/C22H25F3N6O/c23-22(24,25)16-6-7-19(28-11-16)29-18-5-1-3-14-12-30(10-8-17(14)18)20(32)15-4-2-9-31(13-15)21(26)27/h1,3,5-7,11,15H,2,4,8-10,12-13H2,(H3,26,27)(H,28,29). The van der Waals surface area contributed by atoms with E-state index in [1.165, 1.54) is 6.07 Å². The van der Waals surface area contributed by atoms with Gasteiger partial charge in [0.1, 0.15) is 5.82 Å². The summed E-state index contributed by atoms with van der Waals surface area (Å²) in [4.78, 5) is 20.6. The number of likely N-dealkylation sites (tertiary alicyclic amines) is 1. The minimum absolute atomic E-state index is 0.000850. The maximum absolute atomic E-state index is 13.1. The molecule has 1 unspecified atom stereocenters. The smallest absolute Gasteiger partial charge is 0.370 e. The molecule has 1 atom stereocenters. The number of guanidine groups is 1. The molecule has 2 aliphatic heterocycles. The van der Waals surface area contributed by atoms with E-state index in [0.717, 1.165) is 41.9 Å². The van der Waals surface area contributed by atoms with Gasteiger partial charge in [-0.1, -0.05) is 12.1 Å². The van der Waals surface area contributed by atoms with E-state index in [-0.39, 0.29) is 17.8 Å². The summed E-state index contributed by atoms with van der Waals surface area (Å²) < 4.78 is 38.3. The van der Waals surface area contributed by atoms with Crippen molar-refractivity contribution in [1.29, 1.82) is 5.41 Å². The molecule has 170 valence electrons. The second-order valence-electron chi connectivity index (χ2n) is 8.18. The molecule has 32 heavy (non-hydrogen) atoms.